The first-order chi connectivity index (χ1) is 15.7. The van der Waals surface area contributed by atoms with Crippen LogP contribution in [-0.4, -0.2) is 60.9 Å². The Labute approximate surface area is 189 Å². The Morgan fingerprint density at radius 3 is 2.41 bits per heavy atom. The molecule has 1 unspecified atom stereocenters. The molecule has 0 radical (unpaired) electrons. The van der Waals surface area contributed by atoms with E-state index in [0.29, 0.717) is 19.8 Å². The van der Waals surface area contributed by atoms with Gasteiger partial charge in [-0.3, -0.25) is 14.5 Å². The molecule has 0 aliphatic carbocycles. The van der Waals surface area contributed by atoms with Crippen molar-refractivity contribution in [2.45, 2.75) is 31.7 Å². The van der Waals surface area contributed by atoms with Gasteiger partial charge in [-0.15, -0.1) is 0 Å². The standard InChI is InChI=1S/C26H30N2O4/c29-25(18-27-13-10-20(11-14-27)26(30)19-5-2-1-3-6-19)28-12-4-7-22(28)21-8-9-23-24(17-21)32-16-15-31-23/h1-3,5-6,8-9,17,20,22H,4,7,10-16,18H2. The number of benzene rings is 2. The molecule has 6 nitrogen and oxygen atoms in total. The Kier molecular flexibility index (Phi) is 6.12. The lowest BCUT2D eigenvalue weighted by atomic mass is 9.89. The van der Waals surface area contributed by atoms with Crippen molar-refractivity contribution in [3.8, 4) is 11.5 Å². The highest BCUT2D eigenvalue weighted by Crippen LogP contribution is 2.38. The molecule has 0 N–H and O–H groups in total. The molecule has 0 aromatic heterocycles. The third-order valence-electron chi connectivity index (χ3n) is 6.90. The molecule has 2 fully saturated rings. The average Bonchev–Trinajstić information content (AvgIpc) is 3.35. The van der Waals surface area contributed by atoms with Crippen LogP contribution in [0.4, 0.5) is 0 Å². The molecule has 3 aliphatic rings. The zero-order chi connectivity index (χ0) is 21.9. The first kappa shape index (κ1) is 21.0. The SMILES string of the molecule is O=C(c1ccccc1)C1CCN(CC(=O)N2CCCC2c2ccc3c(c2)OCCO3)CC1. The minimum atomic E-state index is 0.0565. The van der Waals surface area contributed by atoms with Gasteiger partial charge in [-0.1, -0.05) is 36.4 Å². The molecule has 1 amide bonds. The number of nitrogens with zero attached hydrogens (tertiary/aromatic N) is 2. The molecular weight excluding hydrogens is 404 g/mol. The number of rotatable bonds is 5. The molecule has 1 atom stereocenters. The van der Waals surface area contributed by atoms with Crippen LogP contribution in [0.1, 0.15) is 47.6 Å². The van der Waals surface area contributed by atoms with Crippen molar-refractivity contribution in [3.63, 3.8) is 0 Å². The first-order valence-corrected chi connectivity index (χ1v) is 11.7. The van der Waals surface area contributed by atoms with Gasteiger partial charge in [0.15, 0.2) is 17.3 Å². The highest BCUT2D eigenvalue weighted by molar-refractivity contribution is 5.97. The summed E-state index contributed by atoms with van der Waals surface area (Å²) in [6.07, 6.45) is 3.61. The highest BCUT2D eigenvalue weighted by Gasteiger charge is 2.33. The number of carbonyl (C=O) groups excluding carboxylic acids is 2. The zero-order valence-corrected chi connectivity index (χ0v) is 18.4. The van der Waals surface area contributed by atoms with E-state index in [9.17, 15) is 9.59 Å². The molecule has 0 bridgehead atoms. The highest BCUT2D eigenvalue weighted by atomic mass is 16.6. The second kappa shape index (κ2) is 9.33. The molecule has 6 heteroatoms. The van der Waals surface area contributed by atoms with Gasteiger partial charge in [0.25, 0.3) is 0 Å². The van der Waals surface area contributed by atoms with Crippen molar-refractivity contribution in [1.29, 1.82) is 0 Å². The van der Waals surface area contributed by atoms with Gasteiger partial charge in [0.05, 0.1) is 12.6 Å². The Hall–Kier alpha value is -2.86. The summed E-state index contributed by atoms with van der Waals surface area (Å²) in [7, 11) is 0. The van der Waals surface area contributed by atoms with Gasteiger partial charge in [-0.05, 0) is 56.5 Å². The van der Waals surface area contributed by atoms with Crippen LogP contribution >= 0.6 is 0 Å². The monoisotopic (exact) mass is 434 g/mol. The van der Waals surface area contributed by atoms with E-state index >= 15 is 0 Å². The molecule has 2 aromatic carbocycles. The molecule has 0 spiro atoms. The molecule has 0 saturated carbocycles. The van der Waals surface area contributed by atoms with E-state index in [0.717, 1.165) is 67.9 Å². The van der Waals surface area contributed by atoms with E-state index in [2.05, 4.69) is 11.0 Å². The van der Waals surface area contributed by atoms with Crippen molar-refractivity contribution >= 4 is 11.7 Å². The van der Waals surface area contributed by atoms with E-state index in [-0.39, 0.29) is 23.7 Å². The minimum absolute atomic E-state index is 0.0565. The molecular formula is C26H30N2O4. The van der Waals surface area contributed by atoms with E-state index in [1.54, 1.807) is 0 Å². The maximum absolute atomic E-state index is 13.2. The lowest BCUT2D eigenvalue weighted by Gasteiger charge is -2.33. The molecule has 3 aliphatic heterocycles. The quantitative estimate of drug-likeness (QED) is 0.672. The Morgan fingerprint density at radius 1 is 0.875 bits per heavy atom. The summed E-state index contributed by atoms with van der Waals surface area (Å²) < 4.78 is 11.4. The Balaban J connectivity index is 1.18. The largest absolute Gasteiger partial charge is 0.486 e. The van der Waals surface area contributed by atoms with Crippen LogP contribution < -0.4 is 9.47 Å². The van der Waals surface area contributed by atoms with E-state index < -0.39 is 0 Å². The Morgan fingerprint density at radius 2 is 1.62 bits per heavy atom. The fourth-order valence-corrected chi connectivity index (χ4v) is 5.15. The second-order valence-electron chi connectivity index (χ2n) is 8.93. The average molecular weight is 435 g/mol. The van der Waals surface area contributed by atoms with Crippen molar-refractivity contribution in [3.05, 3.63) is 59.7 Å². The lowest BCUT2D eigenvalue weighted by Crippen LogP contribution is -2.44. The number of amides is 1. The third kappa shape index (κ3) is 4.37. The van der Waals surface area contributed by atoms with Crippen molar-refractivity contribution < 1.29 is 19.1 Å². The predicted octanol–water partition coefficient (Wildman–Crippen LogP) is 3.72. The van der Waals surface area contributed by atoms with E-state index in [1.165, 1.54) is 0 Å². The number of likely N-dealkylation sites (tertiary alicyclic amines) is 2. The maximum atomic E-state index is 13.2. The van der Waals surface area contributed by atoms with Crippen LogP contribution in [0.25, 0.3) is 0 Å². The number of ether oxygens (including phenoxy) is 2. The van der Waals surface area contributed by atoms with Crippen LogP contribution in [0.2, 0.25) is 0 Å². The maximum Gasteiger partial charge on any atom is 0.237 e. The smallest absolute Gasteiger partial charge is 0.237 e. The van der Waals surface area contributed by atoms with Gasteiger partial charge >= 0.3 is 0 Å². The van der Waals surface area contributed by atoms with Crippen LogP contribution in [0.5, 0.6) is 11.5 Å². The van der Waals surface area contributed by atoms with Crippen molar-refractivity contribution in [2.75, 3.05) is 39.4 Å². The number of hydrogen-bond acceptors (Lipinski definition) is 5. The van der Waals surface area contributed by atoms with Gasteiger partial charge in [-0.25, -0.2) is 0 Å². The zero-order valence-electron chi connectivity index (χ0n) is 18.4. The normalized spacial score (nSPS) is 21.5. The predicted molar refractivity (Wildman–Crippen MR) is 121 cm³/mol. The number of piperidine rings is 1. The van der Waals surface area contributed by atoms with Crippen molar-refractivity contribution in [1.82, 2.24) is 9.80 Å². The van der Waals surface area contributed by atoms with Gasteiger partial charge in [-0.2, -0.15) is 0 Å². The number of fused-ring (bicyclic) bond motifs is 1. The van der Waals surface area contributed by atoms with E-state index in [1.807, 2.05) is 47.4 Å². The fraction of sp³-hybridized carbons (Fsp3) is 0.462. The van der Waals surface area contributed by atoms with Gasteiger partial charge < -0.3 is 14.4 Å². The second-order valence-corrected chi connectivity index (χ2v) is 8.93. The Bertz CT molecular complexity index is 969. The summed E-state index contributed by atoms with van der Waals surface area (Å²) in [5.41, 5.74) is 1.91. The molecule has 2 saturated heterocycles. The minimum Gasteiger partial charge on any atom is -0.486 e. The molecule has 5 rings (SSSR count). The first-order valence-electron chi connectivity index (χ1n) is 11.7. The molecule has 2 aromatic rings. The third-order valence-corrected chi connectivity index (χ3v) is 6.90. The summed E-state index contributed by atoms with van der Waals surface area (Å²) in [5, 5.41) is 0. The topological polar surface area (TPSA) is 59.1 Å². The van der Waals surface area contributed by atoms with Gasteiger partial charge in [0.2, 0.25) is 5.91 Å². The van der Waals surface area contributed by atoms with Crippen LogP contribution in [0.3, 0.4) is 0 Å². The summed E-state index contributed by atoms with van der Waals surface area (Å²) in [6.45, 7) is 3.93. The number of ketones is 1. The number of hydrogen-bond donors (Lipinski definition) is 0. The van der Waals surface area contributed by atoms with Gasteiger partial charge in [0.1, 0.15) is 13.2 Å². The summed E-state index contributed by atoms with van der Waals surface area (Å²) in [6, 6.07) is 15.7. The summed E-state index contributed by atoms with van der Waals surface area (Å²) in [5.74, 6) is 2.02. The van der Waals surface area contributed by atoms with Crippen molar-refractivity contribution in [2.24, 2.45) is 5.92 Å². The van der Waals surface area contributed by atoms with Crippen LogP contribution in [0.15, 0.2) is 48.5 Å². The molecule has 3 heterocycles. The molecule has 32 heavy (non-hydrogen) atoms. The lowest BCUT2D eigenvalue weighted by molar-refractivity contribution is -0.133. The summed E-state index contributed by atoms with van der Waals surface area (Å²) >= 11 is 0. The van der Waals surface area contributed by atoms with Crippen LogP contribution in [-0.2, 0) is 4.79 Å². The fourth-order valence-electron chi connectivity index (χ4n) is 5.15. The van der Waals surface area contributed by atoms with Gasteiger partial charge in [0, 0.05) is 18.0 Å². The van der Waals surface area contributed by atoms with E-state index in [4.69, 9.17) is 9.47 Å². The number of carbonyl (C=O) groups is 2. The number of Topliss-reactive ketones (excluding diaryl/α,β-unsaturated/α-hetero) is 1. The molecule has 168 valence electrons. The van der Waals surface area contributed by atoms with Crippen LogP contribution in [0, 0.1) is 5.92 Å². The summed E-state index contributed by atoms with van der Waals surface area (Å²) in [4.78, 5) is 30.1.